The summed E-state index contributed by atoms with van der Waals surface area (Å²) in [5.74, 6) is 5.94. The van der Waals surface area contributed by atoms with E-state index in [1.54, 1.807) is 0 Å². The van der Waals surface area contributed by atoms with E-state index in [9.17, 15) is 0 Å². The second-order valence-corrected chi connectivity index (χ2v) is 3.02. The molecule has 2 heteroatoms. The Labute approximate surface area is 66.1 Å². The highest BCUT2D eigenvalue weighted by Crippen LogP contribution is 2.29. The minimum Gasteiger partial charge on any atom is -0.193 e. The van der Waals surface area contributed by atoms with E-state index in [1.165, 1.54) is 5.56 Å². The van der Waals surface area contributed by atoms with Gasteiger partial charge in [-0.2, -0.15) is 10.4 Å². The summed E-state index contributed by atoms with van der Waals surface area (Å²) in [4.78, 5) is 0. The minimum absolute atomic E-state index is 0.371. The van der Waals surface area contributed by atoms with Crippen LogP contribution in [0.2, 0.25) is 0 Å². The zero-order valence-corrected chi connectivity index (χ0v) is 6.49. The van der Waals surface area contributed by atoms with Crippen molar-refractivity contribution < 1.29 is 0 Å². The van der Waals surface area contributed by atoms with Crippen LogP contribution in [0.25, 0.3) is 6.08 Å². The Morgan fingerprint density at radius 1 is 1.27 bits per heavy atom. The molecular formula is C9H11N2+. The first kappa shape index (κ1) is 6.58. The predicted molar refractivity (Wildman–Crippen MR) is 47.4 cm³/mol. The van der Waals surface area contributed by atoms with Crippen LogP contribution < -0.4 is 10.4 Å². The van der Waals surface area contributed by atoms with Crippen molar-refractivity contribution in [3.05, 3.63) is 36.0 Å². The van der Waals surface area contributed by atoms with Crippen LogP contribution in [0.3, 0.4) is 0 Å². The number of benzene rings is 1. The molecule has 0 aromatic heterocycles. The first-order valence-corrected chi connectivity index (χ1v) is 3.64. The Kier molecular flexibility index (Phi) is 1.16. The second-order valence-electron chi connectivity index (χ2n) is 3.02. The topological polar surface area (TPSA) is 26.0 Å². The lowest BCUT2D eigenvalue weighted by atomic mass is 10.2. The molecular weight excluding hydrogens is 136 g/mol. The number of quaternary nitrogens is 1. The van der Waals surface area contributed by atoms with E-state index in [0.29, 0.717) is 4.59 Å². The number of fused-ring (bicyclic) bond motifs is 1. The SMILES string of the molecule is C[N+]1(N)C=Cc2ccccc21. The van der Waals surface area contributed by atoms with Gasteiger partial charge >= 0.3 is 0 Å². The highest BCUT2D eigenvalue weighted by atomic mass is 15.6. The number of hydrogen-bond donors (Lipinski definition) is 1. The van der Waals surface area contributed by atoms with Gasteiger partial charge in [0.1, 0.15) is 6.20 Å². The van der Waals surface area contributed by atoms with Gasteiger partial charge < -0.3 is 0 Å². The van der Waals surface area contributed by atoms with Gasteiger partial charge in [-0.1, -0.05) is 12.1 Å². The molecule has 1 aliphatic heterocycles. The van der Waals surface area contributed by atoms with Crippen LogP contribution >= 0.6 is 0 Å². The lowest BCUT2D eigenvalue weighted by molar-refractivity contribution is 0.477. The molecule has 1 aliphatic rings. The molecule has 11 heavy (non-hydrogen) atoms. The molecule has 1 aromatic rings. The highest BCUT2D eigenvalue weighted by molar-refractivity contribution is 5.72. The van der Waals surface area contributed by atoms with Crippen LogP contribution in [0, 0.1) is 0 Å². The van der Waals surface area contributed by atoms with Crippen molar-refractivity contribution in [1.29, 1.82) is 0 Å². The molecule has 0 saturated carbocycles. The molecule has 2 rings (SSSR count). The van der Waals surface area contributed by atoms with Crippen LogP contribution in [0.1, 0.15) is 5.56 Å². The Morgan fingerprint density at radius 3 is 2.73 bits per heavy atom. The van der Waals surface area contributed by atoms with Gasteiger partial charge in [-0.25, -0.2) is 0 Å². The van der Waals surface area contributed by atoms with E-state index in [4.69, 9.17) is 5.84 Å². The Morgan fingerprint density at radius 2 is 2.00 bits per heavy atom. The molecule has 0 amide bonds. The molecule has 0 spiro atoms. The summed E-state index contributed by atoms with van der Waals surface area (Å²) in [6.45, 7) is 0. The van der Waals surface area contributed by atoms with Crippen molar-refractivity contribution in [2.45, 2.75) is 0 Å². The van der Waals surface area contributed by atoms with E-state index in [0.717, 1.165) is 5.69 Å². The summed E-state index contributed by atoms with van der Waals surface area (Å²) in [5.41, 5.74) is 2.38. The minimum atomic E-state index is 0.371. The van der Waals surface area contributed by atoms with Gasteiger partial charge in [0.15, 0.2) is 5.69 Å². The van der Waals surface area contributed by atoms with Crippen molar-refractivity contribution >= 4 is 11.8 Å². The summed E-state index contributed by atoms with van der Waals surface area (Å²) in [7, 11) is 1.96. The van der Waals surface area contributed by atoms with Crippen LogP contribution in [0.15, 0.2) is 30.5 Å². The molecule has 1 unspecified atom stereocenters. The third-order valence-corrected chi connectivity index (χ3v) is 2.02. The smallest absolute Gasteiger partial charge is 0.163 e. The van der Waals surface area contributed by atoms with Crippen molar-refractivity contribution in [3.63, 3.8) is 0 Å². The van der Waals surface area contributed by atoms with Crippen molar-refractivity contribution in [3.8, 4) is 0 Å². The zero-order valence-electron chi connectivity index (χ0n) is 6.49. The van der Waals surface area contributed by atoms with Gasteiger partial charge in [0.05, 0.1) is 7.05 Å². The van der Waals surface area contributed by atoms with E-state index in [-0.39, 0.29) is 0 Å². The normalized spacial score (nSPS) is 27.1. The first-order chi connectivity index (χ1) is 5.20. The number of nitrogens with two attached hydrogens (primary N) is 1. The quantitative estimate of drug-likeness (QED) is 0.436. The predicted octanol–water partition coefficient (Wildman–Crippen LogP) is 1.48. The van der Waals surface area contributed by atoms with Gasteiger partial charge in [0, 0.05) is 17.7 Å². The van der Waals surface area contributed by atoms with Crippen molar-refractivity contribution in [2.75, 3.05) is 7.05 Å². The maximum atomic E-state index is 5.94. The molecule has 0 saturated heterocycles. The lowest BCUT2D eigenvalue weighted by Gasteiger charge is -2.19. The number of para-hydroxylation sites is 1. The van der Waals surface area contributed by atoms with Crippen LogP contribution in [0.5, 0.6) is 0 Å². The summed E-state index contributed by atoms with van der Waals surface area (Å²) in [6, 6.07) is 8.15. The Hall–Kier alpha value is -1.12. The fourth-order valence-electron chi connectivity index (χ4n) is 1.38. The summed E-state index contributed by atoms with van der Waals surface area (Å²) < 4.78 is 0.371. The molecule has 0 aliphatic carbocycles. The van der Waals surface area contributed by atoms with Gasteiger partial charge in [0.25, 0.3) is 0 Å². The van der Waals surface area contributed by atoms with E-state index in [1.807, 2.05) is 25.4 Å². The monoisotopic (exact) mass is 147 g/mol. The average molecular weight is 147 g/mol. The fourth-order valence-corrected chi connectivity index (χ4v) is 1.38. The lowest BCUT2D eigenvalue weighted by Crippen LogP contribution is -2.45. The molecule has 0 fully saturated rings. The third-order valence-electron chi connectivity index (χ3n) is 2.02. The summed E-state index contributed by atoms with van der Waals surface area (Å²) >= 11 is 0. The van der Waals surface area contributed by atoms with E-state index >= 15 is 0 Å². The third kappa shape index (κ3) is 0.878. The molecule has 2 N–H and O–H groups in total. The summed E-state index contributed by atoms with van der Waals surface area (Å²) in [5, 5.41) is 0. The van der Waals surface area contributed by atoms with Gasteiger partial charge in [-0.05, 0) is 6.07 Å². The summed E-state index contributed by atoms with van der Waals surface area (Å²) in [6.07, 6.45) is 4.03. The van der Waals surface area contributed by atoms with Crippen LogP contribution in [-0.4, -0.2) is 7.05 Å². The molecule has 1 heterocycles. The average Bonchev–Trinajstić information content (AvgIpc) is 2.29. The number of hydrogen-bond acceptors (Lipinski definition) is 1. The van der Waals surface area contributed by atoms with Gasteiger partial charge in [-0.3, -0.25) is 0 Å². The van der Waals surface area contributed by atoms with Gasteiger partial charge in [0.2, 0.25) is 0 Å². The van der Waals surface area contributed by atoms with Crippen molar-refractivity contribution in [2.24, 2.45) is 5.84 Å². The molecule has 56 valence electrons. The highest BCUT2D eigenvalue weighted by Gasteiger charge is 2.25. The van der Waals surface area contributed by atoms with Crippen LogP contribution in [-0.2, 0) is 0 Å². The van der Waals surface area contributed by atoms with Crippen LogP contribution in [0.4, 0.5) is 5.69 Å². The van der Waals surface area contributed by atoms with Gasteiger partial charge in [-0.15, -0.1) is 0 Å². The second kappa shape index (κ2) is 1.94. The Balaban J connectivity index is 2.64. The van der Waals surface area contributed by atoms with E-state index in [2.05, 4.69) is 18.2 Å². The Bertz CT molecular complexity index is 313. The molecule has 1 aromatic carbocycles. The molecule has 1 atom stereocenters. The maximum absolute atomic E-state index is 5.94. The fraction of sp³-hybridized carbons (Fsp3) is 0.111. The largest absolute Gasteiger partial charge is 0.193 e. The number of rotatable bonds is 0. The molecule has 2 nitrogen and oxygen atoms in total. The van der Waals surface area contributed by atoms with Crippen molar-refractivity contribution in [1.82, 2.24) is 4.59 Å². The number of nitrogens with zero attached hydrogens (tertiary/aromatic N) is 1. The first-order valence-electron chi connectivity index (χ1n) is 3.64. The zero-order chi connectivity index (χ0) is 7.90. The molecule has 0 radical (unpaired) electrons. The standard InChI is InChI=1S/C9H11N2/c1-11(10)7-6-8-4-2-3-5-9(8)11/h2-7H,10H2,1H3/q+1. The van der Waals surface area contributed by atoms with E-state index < -0.39 is 0 Å². The molecule has 0 bridgehead atoms. The maximum Gasteiger partial charge on any atom is 0.163 e.